The van der Waals surface area contributed by atoms with Gasteiger partial charge in [-0.15, -0.1) is 11.6 Å². The van der Waals surface area contributed by atoms with Gasteiger partial charge >= 0.3 is 0 Å². The van der Waals surface area contributed by atoms with Gasteiger partial charge in [-0.3, -0.25) is 0 Å². The second-order valence-electron chi connectivity index (χ2n) is 4.45. The molecule has 2 aromatic rings. The number of nitrogens with zero attached hydrogens (tertiary/aromatic N) is 2. The van der Waals surface area contributed by atoms with E-state index in [1.54, 1.807) is 0 Å². The molecule has 0 radical (unpaired) electrons. The summed E-state index contributed by atoms with van der Waals surface area (Å²) in [6.07, 6.45) is 1.24. The first-order valence-electron chi connectivity index (χ1n) is 5.43. The van der Waals surface area contributed by atoms with Crippen LogP contribution in [0, 0.1) is 5.92 Å². The highest BCUT2D eigenvalue weighted by molar-refractivity contribution is 9.10. The molecule has 3 rings (SSSR count). The summed E-state index contributed by atoms with van der Waals surface area (Å²) in [6.45, 7) is 2.27. The summed E-state index contributed by atoms with van der Waals surface area (Å²) in [7, 11) is 0. The smallest absolute Gasteiger partial charge is 0.125 e. The van der Waals surface area contributed by atoms with E-state index in [0.29, 0.717) is 11.9 Å². The molecule has 2 nitrogen and oxygen atoms in total. The lowest BCUT2D eigenvalue weighted by atomic mass is 10.3. The lowest BCUT2D eigenvalue weighted by molar-refractivity contribution is 0.677. The van der Waals surface area contributed by atoms with Gasteiger partial charge in [0.15, 0.2) is 0 Å². The van der Waals surface area contributed by atoms with Crippen molar-refractivity contribution in [2.24, 2.45) is 5.92 Å². The largest absolute Gasteiger partial charge is 0.324 e. The Morgan fingerprint density at radius 1 is 1.56 bits per heavy atom. The fourth-order valence-corrected chi connectivity index (χ4v) is 2.78. The second-order valence-corrected chi connectivity index (χ2v) is 5.63. The van der Waals surface area contributed by atoms with E-state index in [4.69, 9.17) is 11.6 Å². The van der Waals surface area contributed by atoms with Gasteiger partial charge in [0.1, 0.15) is 5.82 Å². The molecule has 0 bridgehead atoms. The Bertz CT molecular complexity index is 549. The third-order valence-corrected chi connectivity index (χ3v) is 3.98. The third-order valence-electron chi connectivity index (χ3n) is 3.24. The maximum Gasteiger partial charge on any atom is 0.125 e. The van der Waals surface area contributed by atoms with Gasteiger partial charge in [0, 0.05) is 10.5 Å². The molecule has 1 aliphatic carbocycles. The van der Waals surface area contributed by atoms with Crippen molar-refractivity contribution in [2.45, 2.75) is 25.3 Å². The molecule has 2 atom stereocenters. The van der Waals surface area contributed by atoms with Gasteiger partial charge in [0.25, 0.3) is 0 Å². The summed E-state index contributed by atoms with van der Waals surface area (Å²) in [5.74, 6) is 2.22. The maximum atomic E-state index is 5.97. The molecule has 4 heteroatoms. The standard InChI is InChI=1S/C12H12BrClN2/c1-7-4-10(7)16-11-5-8(13)2-3-9(11)15-12(16)6-14/h2-3,5,7,10H,4,6H2,1H3. The first kappa shape index (κ1) is 10.6. The van der Waals surface area contributed by atoms with Crippen molar-refractivity contribution in [1.82, 2.24) is 9.55 Å². The quantitative estimate of drug-likeness (QED) is 0.763. The Morgan fingerprint density at radius 2 is 2.31 bits per heavy atom. The number of hydrogen-bond donors (Lipinski definition) is 0. The molecule has 1 aromatic heterocycles. The topological polar surface area (TPSA) is 17.8 Å². The number of benzene rings is 1. The van der Waals surface area contributed by atoms with Crippen LogP contribution in [0.2, 0.25) is 0 Å². The van der Waals surface area contributed by atoms with Gasteiger partial charge in [-0.2, -0.15) is 0 Å². The number of hydrogen-bond acceptors (Lipinski definition) is 1. The van der Waals surface area contributed by atoms with Crippen LogP contribution in [0.5, 0.6) is 0 Å². The van der Waals surface area contributed by atoms with E-state index in [2.05, 4.69) is 38.5 Å². The van der Waals surface area contributed by atoms with Crippen molar-refractivity contribution in [2.75, 3.05) is 0 Å². The summed E-state index contributed by atoms with van der Waals surface area (Å²) < 4.78 is 3.40. The van der Waals surface area contributed by atoms with Crippen LogP contribution in [-0.2, 0) is 5.88 Å². The molecule has 1 heterocycles. The minimum Gasteiger partial charge on any atom is -0.324 e. The number of fused-ring (bicyclic) bond motifs is 1. The van der Waals surface area contributed by atoms with Crippen LogP contribution >= 0.6 is 27.5 Å². The van der Waals surface area contributed by atoms with E-state index in [1.165, 1.54) is 11.9 Å². The average Bonchev–Trinajstić information content (AvgIpc) is 2.87. The van der Waals surface area contributed by atoms with Crippen molar-refractivity contribution < 1.29 is 0 Å². The van der Waals surface area contributed by atoms with Crippen molar-refractivity contribution in [3.8, 4) is 0 Å². The molecule has 2 unspecified atom stereocenters. The van der Waals surface area contributed by atoms with Crippen LogP contribution in [0.4, 0.5) is 0 Å². The lowest BCUT2D eigenvalue weighted by Crippen LogP contribution is -2.00. The van der Waals surface area contributed by atoms with Crippen LogP contribution in [0.25, 0.3) is 11.0 Å². The van der Waals surface area contributed by atoms with Crippen LogP contribution in [0.15, 0.2) is 22.7 Å². The summed E-state index contributed by atoms with van der Waals surface area (Å²) in [6, 6.07) is 6.78. The van der Waals surface area contributed by atoms with Crippen LogP contribution in [0.3, 0.4) is 0 Å². The SMILES string of the molecule is CC1CC1n1c(CCl)nc2ccc(Br)cc21. The highest BCUT2D eigenvalue weighted by Gasteiger charge is 2.36. The van der Waals surface area contributed by atoms with Gasteiger partial charge in [-0.05, 0) is 30.5 Å². The van der Waals surface area contributed by atoms with Crippen molar-refractivity contribution in [3.63, 3.8) is 0 Å². The Morgan fingerprint density at radius 3 is 2.94 bits per heavy atom. The molecule has 0 N–H and O–H groups in total. The Kier molecular flexibility index (Phi) is 2.48. The molecular formula is C12H12BrClN2. The fourth-order valence-electron chi connectivity index (χ4n) is 2.24. The van der Waals surface area contributed by atoms with Crippen LogP contribution in [-0.4, -0.2) is 9.55 Å². The molecule has 16 heavy (non-hydrogen) atoms. The number of halogens is 2. The maximum absolute atomic E-state index is 5.97. The molecular weight excluding hydrogens is 288 g/mol. The zero-order chi connectivity index (χ0) is 11.3. The summed E-state index contributed by atoms with van der Waals surface area (Å²) >= 11 is 9.48. The Hall–Kier alpha value is -0.540. The van der Waals surface area contributed by atoms with Crippen molar-refractivity contribution >= 4 is 38.6 Å². The predicted molar refractivity (Wildman–Crippen MR) is 69.8 cm³/mol. The highest BCUT2D eigenvalue weighted by atomic mass is 79.9. The lowest BCUT2D eigenvalue weighted by Gasteiger charge is -2.06. The average molecular weight is 300 g/mol. The van der Waals surface area contributed by atoms with Gasteiger partial charge in [0.2, 0.25) is 0 Å². The Balaban J connectivity index is 2.24. The molecule has 84 valence electrons. The molecule has 1 saturated carbocycles. The number of alkyl halides is 1. The number of rotatable bonds is 2. The number of aromatic nitrogens is 2. The van der Waals surface area contributed by atoms with Crippen molar-refractivity contribution in [1.29, 1.82) is 0 Å². The van der Waals surface area contributed by atoms with E-state index < -0.39 is 0 Å². The summed E-state index contributed by atoms with van der Waals surface area (Å²) in [5, 5.41) is 0. The molecule has 1 aliphatic rings. The summed E-state index contributed by atoms with van der Waals surface area (Å²) in [4.78, 5) is 4.58. The molecule has 0 spiro atoms. The van der Waals surface area contributed by atoms with Crippen LogP contribution < -0.4 is 0 Å². The number of imidazole rings is 1. The van der Waals surface area contributed by atoms with Crippen molar-refractivity contribution in [3.05, 3.63) is 28.5 Å². The predicted octanol–water partition coefficient (Wildman–Crippen LogP) is 4.12. The highest BCUT2D eigenvalue weighted by Crippen LogP contribution is 2.45. The van der Waals surface area contributed by atoms with Gasteiger partial charge in [-0.25, -0.2) is 4.98 Å². The molecule has 0 saturated heterocycles. The normalized spacial score (nSPS) is 23.9. The van der Waals surface area contributed by atoms with E-state index in [9.17, 15) is 0 Å². The monoisotopic (exact) mass is 298 g/mol. The zero-order valence-electron chi connectivity index (χ0n) is 8.95. The third kappa shape index (κ3) is 1.57. The van der Waals surface area contributed by atoms with Gasteiger partial charge in [-0.1, -0.05) is 22.9 Å². The first-order chi connectivity index (χ1) is 7.70. The summed E-state index contributed by atoms with van der Waals surface area (Å²) in [5.41, 5.74) is 2.23. The molecule has 1 fully saturated rings. The molecule has 0 aliphatic heterocycles. The van der Waals surface area contributed by atoms with Crippen LogP contribution in [0.1, 0.15) is 25.2 Å². The van der Waals surface area contributed by atoms with E-state index >= 15 is 0 Å². The van der Waals surface area contributed by atoms with E-state index in [0.717, 1.165) is 21.7 Å². The second kappa shape index (κ2) is 3.74. The zero-order valence-corrected chi connectivity index (χ0v) is 11.3. The first-order valence-corrected chi connectivity index (χ1v) is 6.76. The molecule has 1 aromatic carbocycles. The van der Waals surface area contributed by atoms with Gasteiger partial charge in [0.05, 0.1) is 16.9 Å². The molecule has 0 amide bonds. The minimum absolute atomic E-state index is 0.482. The Labute approximate surface area is 108 Å². The van der Waals surface area contributed by atoms with E-state index in [-0.39, 0.29) is 0 Å². The van der Waals surface area contributed by atoms with E-state index in [1.807, 2.05) is 12.1 Å². The van der Waals surface area contributed by atoms with Gasteiger partial charge < -0.3 is 4.57 Å². The minimum atomic E-state index is 0.482. The fraction of sp³-hybridized carbons (Fsp3) is 0.417.